The second kappa shape index (κ2) is 4.35. The van der Waals surface area contributed by atoms with Crippen LogP contribution in [-0.2, 0) is 11.3 Å². The van der Waals surface area contributed by atoms with Crippen LogP contribution in [0.15, 0.2) is 24.3 Å². The Kier molecular flexibility index (Phi) is 2.90. The maximum atomic E-state index is 11.9. The average molecular weight is 218 g/mol. The molecule has 0 saturated carbocycles. The minimum Gasteiger partial charge on any atom is -0.370 e. The molecular weight excluding hydrogens is 204 g/mol. The third kappa shape index (κ3) is 2.05. The predicted octanol–water partition coefficient (Wildman–Crippen LogP) is 0.908. The summed E-state index contributed by atoms with van der Waals surface area (Å²) in [6.45, 7) is 1.24. The number of hydrogen-bond donors (Lipinski definition) is 1. The summed E-state index contributed by atoms with van der Waals surface area (Å²) in [6.07, 6.45) is 0.967. The molecule has 0 spiro atoms. The van der Waals surface area contributed by atoms with E-state index in [4.69, 9.17) is 5.73 Å². The molecule has 1 aromatic carbocycles. The molecule has 0 atom stereocenters. The zero-order chi connectivity index (χ0) is 11.5. The molecule has 16 heavy (non-hydrogen) atoms. The van der Waals surface area contributed by atoms with Crippen molar-refractivity contribution in [2.75, 3.05) is 6.54 Å². The van der Waals surface area contributed by atoms with Gasteiger partial charge in [-0.2, -0.15) is 0 Å². The van der Waals surface area contributed by atoms with Crippen molar-refractivity contribution >= 4 is 11.8 Å². The van der Waals surface area contributed by atoms with Crippen LogP contribution in [0, 0.1) is 0 Å². The van der Waals surface area contributed by atoms with Crippen LogP contribution in [0.4, 0.5) is 0 Å². The van der Waals surface area contributed by atoms with Gasteiger partial charge in [0.1, 0.15) is 0 Å². The number of carbonyl (C=O) groups excluding carboxylic acids is 2. The highest BCUT2D eigenvalue weighted by Gasteiger charge is 2.25. The van der Waals surface area contributed by atoms with Gasteiger partial charge < -0.3 is 10.6 Å². The van der Waals surface area contributed by atoms with E-state index < -0.39 is 0 Å². The fraction of sp³-hybridized carbons (Fsp3) is 0.333. The van der Waals surface area contributed by atoms with Crippen LogP contribution < -0.4 is 5.73 Å². The SMILES string of the molecule is NC(=O)CCCN1Cc2ccccc2C1=O. The first-order valence-corrected chi connectivity index (χ1v) is 5.34. The number of carbonyl (C=O) groups is 2. The third-order valence-corrected chi connectivity index (χ3v) is 2.75. The van der Waals surface area contributed by atoms with Gasteiger partial charge in [0.25, 0.3) is 5.91 Å². The topological polar surface area (TPSA) is 63.4 Å². The van der Waals surface area contributed by atoms with Gasteiger partial charge in [0, 0.05) is 25.1 Å². The quantitative estimate of drug-likeness (QED) is 0.816. The Morgan fingerprint density at radius 2 is 2.12 bits per heavy atom. The van der Waals surface area contributed by atoms with Crippen LogP contribution >= 0.6 is 0 Å². The molecule has 0 saturated heterocycles. The second-order valence-electron chi connectivity index (χ2n) is 3.95. The van der Waals surface area contributed by atoms with E-state index in [0.717, 1.165) is 11.1 Å². The lowest BCUT2D eigenvalue weighted by Crippen LogP contribution is -2.26. The van der Waals surface area contributed by atoms with Gasteiger partial charge in [-0.25, -0.2) is 0 Å². The van der Waals surface area contributed by atoms with Crippen LogP contribution in [0.25, 0.3) is 0 Å². The molecule has 84 valence electrons. The number of primary amides is 1. The zero-order valence-corrected chi connectivity index (χ0v) is 8.98. The molecule has 4 heteroatoms. The van der Waals surface area contributed by atoms with Crippen LogP contribution in [0.5, 0.6) is 0 Å². The van der Waals surface area contributed by atoms with Gasteiger partial charge in [0.05, 0.1) is 0 Å². The molecule has 4 nitrogen and oxygen atoms in total. The summed E-state index contributed by atoms with van der Waals surface area (Å²) in [4.78, 5) is 24.2. The number of hydrogen-bond acceptors (Lipinski definition) is 2. The van der Waals surface area contributed by atoms with E-state index in [1.807, 2.05) is 24.3 Å². The highest BCUT2D eigenvalue weighted by Crippen LogP contribution is 2.22. The molecule has 0 aliphatic carbocycles. The summed E-state index contributed by atoms with van der Waals surface area (Å²) >= 11 is 0. The lowest BCUT2D eigenvalue weighted by Gasteiger charge is -2.14. The number of benzene rings is 1. The van der Waals surface area contributed by atoms with Crippen LogP contribution in [-0.4, -0.2) is 23.3 Å². The van der Waals surface area contributed by atoms with Crippen LogP contribution in [0.3, 0.4) is 0 Å². The first-order valence-electron chi connectivity index (χ1n) is 5.34. The minimum absolute atomic E-state index is 0.0556. The summed E-state index contributed by atoms with van der Waals surface area (Å²) in [6, 6.07) is 7.59. The van der Waals surface area contributed by atoms with E-state index in [-0.39, 0.29) is 11.8 Å². The Bertz CT molecular complexity index is 429. The highest BCUT2D eigenvalue weighted by atomic mass is 16.2. The van der Waals surface area contributed by atoms with Crippen molar-refractivity contribution in [1.82, 2.24) is 4.90 Å². The van der Waals surface area contributed by atoms with Crippen molar-refractivity contribution in [3.8, 4) is 0 Å². The van der Waals surface area contributed by atoms with E-state index in [0.29, 0.717) is 25.9 Å². The van der Waals surface area contributed by atoms with E-state index in [1.165, 1.54) is 0 Å². The minimum atomic E-state index is -0.316. The molecule has 0 fully saturated rings. The first-order chi connectivity index (χ1) is 7.68. The van der Waals surface area contributed by atoms with Crippen molar-refractivity contribution in [2.45, 2.75) is 19.4 Å². The number of rotatable bonds is 4. The molecule has 2 rings (SSSR count). The summed E-state index contributed by atoms with van der Waals surface area (Å²) in [5, 5.41) is 0. The molecule has 0 unspecified atom stereocenters. The van der Waals surface area contributed by atoms with Gasteiger partial charge in [-0.05, 0) is 18.1 Å². The standard InChI is InChI=1S/C12H14N2O2/c13-11(15)6-3-7-14-8-9-4-1-2-5-10(9)12(14)16/h1-2,4-5H,3,6-8H2,(H2,13,15). The maximum Gasteiger partial charge on any atom is 0.254 e. The molecule has 0 radical (unpaired) electrons. The van der Waals surface area contributed by atoms with Gasteiger partial charge in [-0.15, -0.1) is 0 Å². The molecular formula is C12H14N2O2. The Balaban J connectivity index is 1.97. The molecule has 1 aromatic rings. The van der Waals surface area contributed by atoms with E-state index in [2.05, 4.69) is 0 Å². The number of nitrogens with zero attached hydrogens (tertiary/aromatic N) is 1. The van der Waals surface area contributed by atoms with Crippen molar-refractivity contribution in [3.05, 3.63) is 35.4 Å². The summed E-state index contributed by atoms with van der Waals surface area (Å²) in [5.41, 5.74) is 6.89. The number of fused-ring (bicyclic) bond motifs is 1. The number of nitrogens with two attached hydrogens (primary N) is 1. The fourth-order valence-corrected chi connectivity index (χ4v) is 1.94. The Hall–Kier alpha value is -1.84. The molecule has 2 N–H and O–H groups in total. The lowest BCUT2D eigenvalue weighted by atomic mass is 10.1. The van der Waals surface area contributed by atoms with Gasteiger partial charge >= 0.3 is 0 Å². The molecule has 2 amide bonds. The average Bonchev–Trinajstić information content (AvgIpc) is 2.56. The largest absolute Gasteiger partial charge is 0.370 e. The summed E-state index contributed by atoms with van der Waals surface area (Å²) in [7, 11) is 0. The molecule has 0 aromatic heterocycles. The van der Waals surface area contributed by atoms with Gasteiger partial charge in [0.15, 0.2) is 0 Å². The van der Waals surface area contributed by atoms with E-state index in [9.17, 15) is 9.59 Å². The Labute approximate surface area is 94.0 Å². The second-order valence-corrected chi connectivity index (χ2v) is 3.95. The maximum absolute atomic E-state index is 11.9. The molecule has 1 aliphatic rings. The van der Waals surface area contributed by atoms with E-state index in [1.54, 1.807) is 4.90 Å². The smallest absolute Gasteiger partial charge is 0.254 e. The molecule has 1 heterocycles. The van der Waals surface area contributed by atoms with Gasteiger partial charge in [0.2, 0.25) is 5.91 Å². The highest BCUT2D eigenvalue weighted by molar-refractivity contribution is 5.98. The number of amides is 2. The van der Waals surface area contributed by atoms with E-state index >= 15 is 0 Å². The van der Waals surface area contributed by atoms with Crippen molar-refractivity contribution < 1.29 is 9.59 Å². The van der Waals surface area contributed by atoms with Crippen LogP contribution in [0.2, 0.25) is 0 Å². The Morgan fingerprint density at radius 1 is 1.38 bits per heavy atom. The molecule has 0 bridgehead atoms. The van der Waals surface area contributed by atoms with Gasteiger partial charge in [-0.3, -0.25) is 9.59 Å². The zero-order valence-electron chi connectivity index (χ0n) is 8.98. The van der Waals surface area contributed by atoms with Crippen molar-refractivity contribution in [2.24, 2.45) is 5.73 Å². The van der Waals surface area contributed by atoms with Crippen molar-refractivity contribution in [1.29, 1.82) is 0 Å². The Morgan fingerprint density at radius 3 is 2.81 bits per heavy atom. The third-order valence-electron chi connectivity index (χ3n) is 2.75. The normalized spacial score (nSPS) is 14.0. The predicted molar refractivity (Wildman–Crippen MR) is 59.6 cm³/mol. The summed E-state index contributed by atoms with van der Waals surface area (Å²) < 4.78 is 0. The summed E-state index contributed by atoms with van der Waals surface area (Å²) in [5.74, 6) is -0.260. The molecule has 1 aliphatic heterocycles. The fourth-order valence-electron chi connectivity index (χ4n) is 1.94. The monoisotopic (exact) mass is 218 g/mol. The van der Waals surface area contributed by atoms with Crippen LogP contribution in [0.1, 0.15) is 28.8 Å². The lowest BCUT2D eigenvalue weighted by molar-refractivity contribution is -0.118. The van der Waals surface area contributed by atoms with Crippen molar-refractivity contribution in [3.63, 3.8) is 0 Å². The first kappa shape index (κ1) is 10.7. The van der Waals surface area contributed by atoms with Gasteiger partial charge in [-0.1, -0.05) is 18.2 Å².